The highest BCUT2D eigenvalue weighted by Crippen LogP contribution is 2.46. The Hall–Kier alpha value is -1.41. The van der Waals surface area contributed by atoms with Crippen LogP contribution in [0.1, 0.15) is 18.5 Å². The number of hydrogen-bond acceptors (Lipinski definition) is 2. The molecule has 2 aromatic rings. The number of para-hydroxylation sites is 1. The first-order valence-corrected chi connectivity index (χ1v) is 5.85. The molecule has 1 heterocycles. The summed E-state index contributed by atoms with van der Waals surface area (Å²) >= 11 is 0. The van der Waals surface area contributed by atoms with Gasteiger partial charge in [-0.15, -0.1) is 0 Å². The van der Waals surface area contributed by atoms with Gasteiger partial charge in [-0.1, -0.05) is 24.3 Å². The van der Waals surface area contributed by atoms with E-state index in [0.29, 0.717) is 5.41 Å². The molecule has 0 bridgehead atoms. The summed E-state index contributed by atoms with van der Waals surface area (Å²) in [6.07, 6.45) is 2.53. The molecule has 1 aliphatic rings. The van der Waals surface area contributed by atoms with Crippen LogP contribution in [0.5, 0.6) is 0 Å². The van der Waals surface area contributed by atoms with E-state index in [1.807, 2.05) is 7.05 Å². The number of nitrogens with zero attached hydrogens (tertiary/aromatic N) is 1. The molecule has 1 N–H and O–H groups in total. The third-order valence-electron chi connectivity index (χ3n) is 3.51. The van der Waals surface area contributed by atoms with Gasteiger partial charge >= 0.3 is 0 Å². The second kappa shape index (κ2) is 3.56. The maximum absolute atomic E-state index is 4.79. The summed E-state index contributed by atoms with van der Waals surface area (Å²) < 4.78 is 0. The standard InChI is InChI=1S/C14H16N2/c1-15-10-14(8-9-14)13-7-6-11-4-2-3-5-12(11)16-13/h2-7,15H,8-10H2,1H3. The maximum atomic E-state index is 4.79. The SMILES string of the molecule is CNCC1(c2ccc3ccccc3n2)CC1. The molecule has 1 saturated carbocycles. The van der Waals surface area contributed by atoms with E-state index in [4.69, 9.17) is 4.98 Å². The summed E-state index contributed by atoms with van der Waals surface area (Å²) in [5.41, 5.74) is 2.68. The summed E-state index contributed by atoms with van der Waals surface area (Å²) in [5, 5.41) is 4.51. The number of likely N-dealkylation sites (N-methyl/N-ethyl adjacent to an activating group) is 1. The van der Waals surface area contributed by atoms with E-state index in [1.165, 1.54) is 23.9 Å². The highest BCUT2D eigenvalue weighted by atomic mass is 14.9. The van der Waals surface area contributed by atoms with Gasteiger partial charge in [0.25, 0.3) is 0 Å². The first kappa shape index (κ1) is 9.79. The second-order valence-electron chi connectivity index (χ2n) is 4.70. The lowest BCUT2D eigenvalue weighted by Crippen LogP contribution is -2.24. The molecule has 3 rings (SSSR count). The topological polar surface area (TPSA) is 24.9 Å². The fourth-order valence-electron chi connectivity index (χ4n) is 2.37. The number of pyridine rings is 1. The Morgan fingerprint density at radius 2 is 2.00 bits per heavy atom. The first-order valence-electron chi connectivity index (χ1n) is 5.85. The molecule has 0 spiro atoms. The van der Waals surface area contributed by atoms with Gasteiger partial charge in [-0.05, 0) is 32.0 Å². The van der Waals surface area contributed by atoms with Crippen LogP contribution in [0.25, 0.3) is 10.9 Å². The Balaban J connectivity index is 2.05. The molecule has 82 valence electrons. The van der Waals surface area contributed by atoms with Crippen LogP contribution in [0, 0.1) is 0 Å². The fourth-order valence-corrected chi connectivity index (χ4v) is 2.37. The van der Waals surface area contributed by atoms with Crippen LogP contribution in [0.4, 0.5) is 0 Å². The zero-order valence-corrected chi connectivity index (χ0v) is 9.53. The molecule has 0 unspecified atom stereocenters. The molecule has 0 aliphatic heterocycles. The van der Waals surface area contributed by atoms with Crippen LogP contribution in [-0.2, 0) is 5.41 Å². The quantitative estimate of drug-likeness (QED) is 0.845. The van der Waals surface area contributed by atoms with Crippen LogP contribution in [0.15, 0.2) is 36.4 Å². The number of hydrogen-bond donors (Lipinski definition) is 1. The molecule has 1 aliphatic carbocycles. The van der Waals surface area contributed by atoms with Gasteiger partial charge in [-0.25, -0.2) is 0 Å². The predicted molar refractivity (Wildman–Crippen MR) is 66.6 cm³/mol. The largest absolute Gasteiger partial charge is 0.319 e. The molecule has 1 aromatic carbocycles. The monoisotopic (exact) mass is 212 g/mol. The van der Waals surface area contributed by atoms with Crippen molar-refractivity contribution in [1.82, 2.24) is 10.3 Å². The lowest BCUT2D eigenvalue weighted by atomic mass is 10.0. The summed E-state index contributed by atoms with van der Waals surface area (Å²) in [6.45, 7) is 1.04. The lowest BCUT2D eigenvalue weighted by molar-refractivity contribution is 0.610. The molecule has 0 radical (unpaired) electrons. The minimum absolute atomic E-state index is 0.318. The van der Waals surface area contributed by atoms with E-state index in [2.05, 4.69) is 41.7 Å². The molecular formula is C14H16N2. The van der Waals surface area contributed by atoms with Gasteiger partial charge in [0.05, 0.1) is 5.52 Å². The average Bonchev–Trinajstić information content (AvgIpc) is 3.10. The van der Waals surface area contributed by atoms with Crippen LogP contribution >= 0.6 is 0 Å². The third kappa shape index (κ3) is 1.50. The van der Waals surface area contributed by atoms with Crippen molar-refractivity contribution in [3.8, 4) is 0 Å². The number of benzene rings is 1. The van der Waals surface area contributed by atoms with Crippen LogP contribution in [0.3, 0.4) is 0 Å². The van der Waals surface area contributed by atoms with Crippen molar-refractivity contribution in [2.45, 2.75) is 18.3 Å². The van der Waals surface area contributed by atoms with Crippen LogP contribution < -0.4 is 5.32 Å². The second-order valence-corrected chi connectivity index (χ2v) is 4.70. The van der Waals surface area contributed by atoms with Gasteiger partial charge in [0.1, 0.15) is 0 Å². The van der Waals surface area contributed by atoms with Gasteiger partial charge in [-0.2, -0.15) is 0 Å². The van der Waals surface area contributed by atoms with Gasteiger partial charge in [0.2, 0.25) is 0 Å². The van der Waals surface area contributed by atoms with Crippen molar-refractivity contribution in [1.29, 1.82) is 0 Å². The Kier molecular flexibility index (Phi) is 2.18. The number of rotatable bonds is 3. The average molecular weight is 212 g/mol. The minimum atomic E-state index is 0.318. The van der Waals surface area contributed by atoms with Gasteiger partial charge in [0.15, 0.2) is 0 Å². The summed E-state index contributed by atoms with van der Waals surface area (Å²) in [5.74, 6) is 0. The number of aromatic nitrogens is 1. The first-order chi connectivity index (χ1) is 7.84. The fraction of sp³-hybridized carbons (Fsp3) is 0.357. The molecule has 1 aromatic heterocycles. The Labute approximate surface area is 95.7 Å². The van der Waals surface area contributed by atoms with Crippen LogP contribution in [-0.4, -0.2) is 18.6 Å². The number of nitrogens with one attached hydrogen (secondary N) is 1. The molecule has 0 saturated heterocycles. The van der Waals surface area contributed by atoms with E-state index in [0.717, 1.165) is 12.1 Å². The summed E-state index contributed by atoms with van der Waals surface area (Å²) in [4.78, 5) is 4.79. The molecule has 2 nitrogen and oxygen atoms in total. The number of fused-ring (bicyclic) bond motifs is 1. The van der Waals surface area contributed by atoms with Crippen molar-refractivity contribution in [3.63, 3.8) is 0 Å². The predicted octanol–water partition coefficient (Wildman–Crippen LogP) is 2.49. The van der Waals surface area contributed by atoms with E-state index < -0.39 is 0 Å². The summed E-state index contributed by atoms with van der Waals surface area (Å²) in [6, 6.07) is 12.7. The Morgan fingerprint density at radius 3 is 2.75 bits per heavy atom. The van der Waals surface area contributed by atoms with E-state index in [9.17, 15) is 0 Å². The lowest BCUT2D eigenvalue weighted by Gasteiger charge is -2.14. The van der Waals surface area contributed by atoms with E-state index >= 15 is 0 Å². The van der Waals surface area contributed by atoms with Crippen molar-refractivity contribution in [3.05, 3.63) is 42.1 Å². The smallest absolute Gasteiger partial charge is 0.0705 e. The Morgan fingerprint density at radius 1 is 1.19 bits per heavy atom. The van der Waals surface area contributed by atoms with Crippen molar-refractivity contribution < 1.29 is 0 Å². The third-order valence-corrected chi connectivity index (χ3v) is 3.51. The van der Waals surface area contributed by atoms with Crippen molar-refractivity contribution in [2.75, 3.05) is 13.6 Å². The van der Waals surface area contributed by atoms with E-state index in [-0.39, 0.29) is 0 Å². The molecular weight excluding hydrogens is 196 g/mol. The highest BCUT2D eigenvalue weighted by Gasteiger charge is 2.44. The maximum Gasteiger partial charge on any atom is 0.0705 e. The zero-order chi connectivity index (χ0) is 11.0. The molecule has 16 heavy (non-hydrogen) atoms. The normalized spacial score (nSPS) is 17.6. The van der Waals surface area contributed by atoms with Gasteiger partial charge in [-0.3, -0.25) is 4.98 Å². The molecule has 2 heteroatoms. The zero-order valence-electron chi connectivity index (χ0n) is 9.53. The van der Waals surface area contributed by atoms with Crippen LogP contribution in [0.2, 0.25) is 0 Å². The minimum Gasteiger partial charge on any atom is -0.319 e. The van der Waals surface area contributed by atoms with Crippen molar-refractivity contribution >= 4 is 10.9 Å². The molecule has 1 fully saturated rings. The highest BCUT2D eigenvalue weighted by molar-refractivity contribution is 5.78. The summed E-state index contributed by atoms with van der Waals surface area (Å²) in [7, 11) is 2.01. The van der Waals surface area contributed by atoms with E-state index in [1.54, 1.807) is 0 Å². The van der Waals surface area contributed by atoms with Gasteiger partial charge in [0, 0.05) is 23.0 Å². The van der Waals surface area contributed by atoms with Gasteiger partial charge < -0.3 is 5.32 Å². The Bertz CT molecular complexity index is 515. The molecule has 0 amide bonds. The van der Waals surface area contributed by atoms with Crippen molar-refractivity contribution in [2.24, 2.45) is 0 Å². The molecule has 0 atom stereocenters.